The number of amides is 1. The van der Waals surface area contributed by atoms with Crippen LogP contribution in [0.2, 0.25) is 5.02 Å². The largest absolute Gasteiger partial charge is 0.459 e. The molecule has 0 unspecified atom stereocenters. The highest BCUT2D eigenvalue weighted by molar-refractivity contribution is 6.33. The number of piperidine rings is 1. The molecule has 1 aromatic carbocycles. The zero-order chi connectivity index (χ0) is 19.7. The lowest BCUT2D eigenvalue weighted by Crippen LogP contribution is -2.38. The van der Waals surface area contributed by atoms with Gasteiger partial charge in [0.15, 0.2) is 5.76 Å². The summed E-state index contributed by atoms with van der Waals surface area (Å²) in [6.45, 7) is 0.919. The van der Waals surface area contributed by atoms with Gasteiger partial charge < -0.3 is 13.7 Å². The van der Waals surface area contributed by atoms with E-state index in [1.807, 2.05) is 0 Å². The number of hydrogen-bond donors (Lipinski definition) is 0. The molecule has 0 radical (unpaired) electrons. The molecule has 3 heterocycles. The molecule has 1 fully saturated rings. The van der Waals surface area contributed by atoms with Crippen LogP contribution in [0.1, 0.15) is 35.0 Å². The predicted molar refractivity (Wildman–Crippen MR) is 98.0 cm³/mol. The van der Waals surface area contributed by atoms with E-state index in [1.165, 1.54) is 24.5 Å². The maximum Gasteiger partial charge on any atom is 0.283 e. The number of rotatable bonds is 4. The SMILES string of the molecule is O=C(c1cc([N+](=O)[O-])ccc1Cl)N1CCC(c2nnc(-c3ccco3)o2)CC1. The molecule has 4 rings (SSSR count). The summed E-state index contributed by atoms with van der Waals surface area (Å²) in [4.78, 5) is 24.8. The van der Waals surface area contributed by atoms with E-state index < -0.39 is 4.92 Å². The van der Waals surface area contributed by atoms with Gasteiger partial charge in [0.05, 0.1) is 21.8 Å². The maximum atomic E-state index is 12.8. The third-order valence-corrected chi connectivity index (χ3v) is 5.02. The topological polar surface area (TPSA) is 116 Å². The van der Waals surface area contributed by atoms with Gasteiger partial charge in [0.25, 0.3) is 17.5 Å². The van der Waals surface area contributed by atoms with Crippen molar-refractivity contribution in [2.24, 2.45) is 0 Å². The Morgan fingerprint density at radius 1 is 1.25 bits per heavy atom. The van der Waals surface area contributed by atoms with Crippen molar-refractivity contribution >= 4 is 23.2 Å². The third kappa shape index (κ3) is 3.48. The number of nitro groups is 1. The maximum absolute atomic E-state index is 12.8. The summed E-state index contributed by atoms with van der Waals surface area (Å²) >= 11 is 6.08. The summed E-state index contributed by atoms with van der Waals surface area (Å²) in [6.07, 6.45) is 2.80. The molecule has 10 heteroatoms. The van der Waals surface area contributed by atoms with Crippen molar-refractivity contribution in [1.29, 1.82) is 0 Å². The standard InChI is InChI=1S/C18H15ClN4O5/c19-14-4-3-12(23(25)26)10-13(14)18(24)22-7-5-11(6-8-22)16-20-21-17(28-16)15-2-1-9-27-15/h1-4,9-11H,5-8H2. The smallest absolute Gasteiger partial charge is 0.283 e. The number of halogens is 1. The Labute approximate surface area is 164 Å². The van der Waals surface area contributed by atoms with Crippen molar-refractivity contribution in [3.05, 3.63) is 63.2 Å². The van der Waals surface area contributed by atoms with Crippen LogP contribution in [0.25, 0.3) is 11.7 Å². The van der Waals surface area contributed by atoms with Gasteiger partial charge in [0.1, 0.15) is 0 Å². The van der Waals surface area contributed by atoms with Gasteiger partial charge in [-0.05, 0) is 31.0 Å². The number of hydrogen-bond acceptors (Lipinski definition) is 7. The molecule has 28 heavy (non-hydrogen) atoms. The lowest BCUT2D eigenvalue weighted by atomic mass is 9.96. The molecule has 0 aliphatic carbocycles. The Bertz CT molecular complexity index is 1010. The highest BCUT2D eigenvalue weighted by Gasteiger charge is 2.29. The molecule has 2 aromatic heterocycles. The number of non-ortho nitro benzene ring substituents is 1. The van der Waals surface area contributed by atoms with Gasteiger partial charge in [-0.3, -0.25) is 14.9 Å². The molecule has 1 saturated heterocycles. The second kappa shape index (κ2) is 7.43. The first-order chi connectivity index (χ1) is 13.5. The van der Waals surface area contributed by atoms with Crippen LogP contribution >= 0.6 is 11.6 Å². The fourth-order valence-electron chi connectivity index (χ4n) is 3.19. The molecule has 0 atom stereocenters. The lowest BCUT2D eigenvalue weighted by molar-refractivity contribution is -0.384. The molecule has 0 spiro atoms. The first-order valence-corrected chi connectivity index (χ1v) is 9.01. The highest BCUT2D eigenvalue weighted by atomic mass is 35.5. The monoisotopic (exact) mass is 402 g/mol. The van der Waals surface area contributed by atoms with Crippen molar-refractivity contribution in [2.75, 3.05) is 13.1 Å². The highest BCUT2D eigenvalue weighted by Crippen LogP contribution is 2.31. The van der Waals surface area contributed by atoms with E-state index in [4.69, 9.17) is 20.4 Å². The lowest BCUT2D eigenvalue weighted by Gasteiger charge is -2.30. The summed E-state index contributed by atoms with van der Waals surface area (Å²) in [6, 6.07) is 7.33. The van der Waals surface area contributed by atoms with Crippen molar-refractivity contribution < 1.29 is 18.6 Å². The van der Waals surface area contributed by atoms with E-state index in [0.29, 0.717) is 43.5 Å². The van der Waals surface area contributed by atoms with Crippen LogP contribution in [0.5, 0.6) is 0 Å². The van der Waals surface area contributed by atoms with Gasteiger partial charge in [-0.1, -0.05) is 11.6 Å². The summed E-state index contributed by atoms with van der Waals surface area (Å²) in [5.74, 6) is 1.04. The van der Waals surface area contributed by atoms with Crippen molar-refractivity contribution in [3.63, 3.8) is 0 Å². The van der Waals surface area contributed by atoms with Crippen LogP contribution in [0.15, 0.2) is 45.4 Å². The minimum Gasteiger partial charge on any atom is -0.459 e. The second-order valence-corrected chi connectivity index (χ2v) is 6.82. The van der Waals surface area contributed by atoms with E-state index in [1.54, 1.807) is 17.0 Å². The van der Waals surface area contributed by atoms with Crippen molar-refractivity contribution in [1.82, 2.24) is 15.1 Å². The van der Waals surface area contributed by atoms with Crippen LogP contribution < -0.4 is 0 Å². The number of likely N-dealkylation sites (tertiary alicyclic amines) is 1. The van der Waals surface area contributed by atoms with Gasteiger partial charge in [-0.2, -0.15) is 0 Å². The number of benzene rings is 1. The molecule has 1 aliphatic rings. The molecule has 1 aliphatic heterocycles. The molecule has 9 nitrogen and oxygen atoms in total. The normalized spacial score (nSPS) is 15.0. The van der Waals surface area contributed by atoms with Gasteiger partial charge in [-0.25, -0.2) is 0 Å². The van der Waals surface area contributed by atoms with Crippen LogP contribution in [0.4, 0.5) is 5.69 Å². The van der Waals surface area contributed by atoms with Crippen molar-refractivity contribution in [2.45, 2.75) is 18.8 Å². The molecular weight excluding hydrogens is 388 g/mol. The molecular formula is C18H15ClN4O5. The number of nitrogens with zero attached hydrogens (tertiary/aromatic N) is 4. The minimum absolute atomic E-state index is 0.0286. The van der Waals surface area contributed by atoms with Gasteiger partial charge in [0.2, 0.25) is 5.89 Å². The van der Waals surface area contributed by atoms with Crippen LogP contribution in [0.3, 0.4) is 0 Å². The van der Waals surface area contributed by atoms with Crippen LogP contribution in [0, 0.1) is 10.1 Å². The Kier molecular flexibility index (Phi) is 4.82. The molecule has 0 saturated carbocycles. The molecule has 144 valence electrons. The van der Waals surface area contributed by atoms with Crippen LogP contribution in [-0.2, 0) is 0 Å². The van der Waals surface area contributed by atoms with Gasteiger partial charge in [-0.15, -0.1) is 10.2 Å². The number of nitro benzene ring substituents is 1. The Morgan fingerprint density at radius 2 is 2.04 bits per heavy atom. The molecule has 1 amide bonds. The zero-order valence-electron chi connectivity index (χ0n) is 14.6. The molecule has 0 bridgehead atoms. The summed E-state index contributed by atoms with van der Waals surface area (Å²) in [7, 11) is 0. The number of carbonyl (C=O) groups is 1. The molecule has 0 N–H and O–H groups in total. The fraction of sp³-hybridized carbons (Fsp3) is 0.278. The second-order valence-electron chi connectivity index (χ2n) is 6.41. The van der Waals surface area contributed by atoms with Crippen molar-refractivity contribution in [3.8, 4) is 11.7 Å². The van der Waals surface area contributed by atoms with E-state index in [2.05, 4.69) is 10.2 Å². The molecule has 3 aromatic rings. The zero-order valence-corrected chi connectivity index (χ0v) is 15.3. The summed E-state index contributed by atoms with van der Waals surface area (Å²) < 4.78 is 10.9. The number of furan rings is 1. The van der Waals surface area contributed by atoms with E-state index >= 15 is 0 Å². The summed E-state index contributed by atoms with van der Waals surface area (Å²) in [5, 5.41) is 19.2. The Balaban J connectivity index is 1.44. The quantitative estimate of drug-likeness (QED) is 0.479. The van der Waals surface area contributed by atoms with Gasteiger partial charge >= 0.3 is 0 Å². The number of carbonyl (C=O) groups excluding carboxylic acids is 1. The Hall–Kier alpha value is -3.20. The predicted octanol–water partition coefficient (Wildman–Crippen LogP) is 3.91. The van der Waals surface area contributed by atoms with Gasteiger partial charge in [0, 0.05) is 31.1 Å². The first kappa shape index (κ1) is 18.2. The first-order valence-electron chi connectivity index (χ1n) is 8.63. The third-order valence-electron chi connectivity index (χ3n) is 4.70. The fourth-order valence-corrected chi connectivity index (χ4v) is 3.39. The average Bonchev–Trinajstić information content (AvgIpc) is 3.39. The summed E-state index contributed by atoms with van der Waals surface area (Å²) in [5.41, 5.74) is -0.0360. The Morgan fingerprint density at radius 3 is 2.71 bits per heavy atom. The van der Waals surface area contributed by atoms with E-state index in [9.17, 15) is 14.9 Å². The van der Waals surface area contributed by atoms with Crippen LogP contribution in [-0.4, -0.2) is 39.0 Å². The van der Waals surface area contributed by atoms with E-state index in [0.717, 1.165) is 0 Å². The number of aromatic nitrogens is 2. The van der Waals surface area contributed by atoms with E-state index in [-0.39, 0.29) is 28.1 Å². The minimum atomic E-state index is -0.550. The average molecular weight is 403 g/mol.